The monoisotopic (exact) mass is 255 g/mol. The SMILES string of the molecule is O=C(NCC(F)(F)Br)C(F)(F)F. The zero-order valence-corrected chi connectivity index (χ0v) is 6.97. The highest BCUT2D eigenvalue weighted by atomic mass is 79.9. The topological polar surface area (TPSA) is 29.1 Å². The average Bonchev–Trinajstić information content (AvgIpc) is 1.78. The summed E-state index contributed by atoms with van der Waals surface area (Å²) in [5.74, 6) is -2.39. The summed E-state index contributed by atoms with van der Waals surface area (Å²) in [6.45, 7) is -1.40. The van der Waals surface area contributed by atoms with Crippen LogP contribution in [-0.4, -0.2) is 23.5 Å². The van der Waals surface area contributed by atoms with Gasteiger partial charge in [-0.15, -0.1) is 0 Å². The molecule has 0 saturated carbocycles. The average molecular weight is 256 g/mol. The standard InChI is InChI=1S/C4H3BrF5NO/c5-3(6,7)1-11-2(12)4(8,9)10/h1H2,(H,11,12). The molecule has 0 heterocycles. The Morgan fingerprint density at radius 1 is 1.25 bits per heavy atom. The molecule has 0 aromatic heterocycles. The second kappa shape index (κ2) is 3.55. The largest absolute Gasteiger partial charge is 0.471 e. The number of hydrogen-bond donors (Lipinski definition) is 1. The molecule has 0 radical (unpaired) electrons. The molecule has 0 unspecified atom stereocenters. The number of halogens is 6. The highest BCUT2D eigenvalue weighted by Crippen LogP contribution is 2.21. The Morgan fingerprint density at radius 2 is 1.67 bits per heavy atom. The highest BCUT2D eigenvalue weighted by Gasteiger charge is 2.40. The first-order valence-electron chi connectivity index (χ1n) is 2.55. The number of nitrogens with one attached hydrogen (secondary N) is 1. The van der Waals surface area contributed by atoms with Crippen LogP contribution in [0.1, 0.15) is 0 Å². The minimum Gasteiger partial charge on any atom is -0.341 e. The summed E-state index contributed by atoms with van der Waals surface area (Å²) in [5.41, 5.74) is 0. The van der Waals surface area contributed by atoms with Crippen molar-refractivity contribution < 1.29 is 26.7 Å². The van der Waals surface area contributed by atoms with Crippen molar-refractivity contribution in [1.29, 1.82) is 0 Å². The van der Waals surface area contributed by atoms with E-state index in [2.05, 4.69) is 0 Å². The van der Waals surface area contributed by atoms with E-state index in [9.17, 15) is 26.7 Å². The van der Waals surface area contributed by atoms with Gasteiger partial charge in [-0.1, -0.05) is 0 Å². The van der Waals surface area contributed by atoms with Gasteiger partial charge in [0.2, 0.25) is 0 Å². The predicted molar refractivity (Wildman–Crippen MR) is 32.9 cm³/mol. The zero-order chi connectivity index (χ0) is 9.99. The first kappa shape index (κ1) is 11.6. The minimum atomic E-state index is -5.13. The van der Waals surface area contributed by atoms with Crippen LogP contribution < -0.4 is 5.32 Å². The second-order valence-electron chi connectivity index (χ2n) is 1.80. The van der Waals surface area contributed by atoms with E-state index in [1.807, 2.05) is 0 Å². The number of amides is 1. The molecule has 0 spiro atoms. The van der Waals surface area contributed by atoms with Gasteiger partial charge in [-0.2, -0.15) is 22.0 Å². The Hall–Kier alpha value is -0.400. The van der Waals surface area contributed by atoms with Crippen molar-refractivity contribution in [2.24, 2.45) is 0 Å². The van der Waals surface area contributed by atoms with Crippen LogP contribution >= 0.6 is 15.9 Å². The van der Waals surface area contributed by atoms with Crippen molar-refractivity contribution in [3.05, 3.63) is 0 Å². The van der Waals surface area contributed by atoms with Crippen LogP contribution in [0.25, 0.3) is 0 Å². The van der Waals surface area contributed by atoms with Crippen molar-refractivity contribution in [3.63, 3.8) is 0 Å². The first-order chi connectivity index (χ1) is 5.13. The fourth-order valence-electron chi connectivity index (χ4n) is 0.281. The molecule has 0 aromatic rings. The molecule has 8 heteroatoms. The Balaban J connectivity index is 3.90. The summed E-state index contributed by atoms with van der Waals surface area (Å²) >= 11 is 1.76. The lowest BCUT2D eigenvalue weighted by atomic mass is 10.5. The van der Waals surface area contributed by atoms with Crippen LogP contribution in [0.5, 0.6) is 0 Å². The van der Waals surface area contributed by atoms with E-state index in [0.717, 1.165) is 5.32 Å². The lowest BCUT2D eigenvalue weighted by molar-refractivity contribution is -0.174. The number of carbonyl (C=O) groups excluding carboxylic acids is 1. The molecule has 1 amide bonds. The minimum absolute atomic E-state index is 1.00. The van der Waals surface area contributed by atoms with Crippen molar-refractivity contribution in [2.75, 3.05) is 6.54 Å². The van der Waals surface area contributed by atoms with E-state index in [4.69, 9.17) is 0 Å². The maximum atomic E-state index is 11.8. The van der Waals surface area contributed by atoms with Gasteiger partial charge in [0.25, 0.3) is 0 Å². The van der Waals surface area contributed by atoms with Gasteiger partial charge >= 0.3 is 16.9 Å². The molecule has 0 saturated heterocycles. The van der Waals surface area contributed by atoms with Gasteiger partial charge in [0.1, 0.15) is 0 Å². The van der Waals surface area contributed by atoms with Gasteiger partial charge in [0.15, 0.2) is 0 Å². The number of hydrogen-bond acceptors (Lipinski definition) is 1. The second-order valence-corrected chi connectivity index (χ2v) is 2.96. The Labute approximate surface area is 72.2 Å². The lowest BCUT2D eigenvalue weighted by Gasteiger charge is -2.10. The molecule has 0 fully saturated rings. The number of carbonyl (C=O) groups is 1. The van der Waals surface area contributed by atoms with E-state index in [1.165, 1.54) is 0 Å². The quantitative estimate of drug-likeness (QED) is 0.590. The summed E-state index contributed by atoms with van der Waals surface area (Å²) in [6.07, 6.45) is -5.13. The van der Waals surface area contributed by atoms with Crippen LogP contribution in [0, 0.1) is 0 Å². The van der Waals surface area contributed by atoms with Gasteiger partial charge in [0, 0.05) is 0 Å². The van der Waals surface area contributed by atoms with Crippen molar-refractivity contribution in [1.82, 2.24) is 5.32 Å². The predicted octanol–water partition coefficient (Wildman–Crippen LogP) is 1.65. The zero-order valence-electron chi connectivity index (χ0n) is 5.38. The van der Waals surface area contributed by atoms with Crippen molar-refractivity contribution >= 4 is 21.8 Å². The van der Waals surface area contributed by atoms with Gasteiger partial charge in [-0.3, -0.25) is 4.79 Å². The van der Waals surface area contributed by atoms with E-state index >= 15 is 0 Å². The third-order valence-electron chi connectivity index (χ3n) is 0.707. The summed E-state index contributed by atoms with van der Waals surface area (Å²) in [7, 11) is 0. The van der Waals surface area contributed by atoms with Crippen molar-refractivity contribution in [3.8, 4) is 0 Å². The van der Waals surface area contributed by atoms with Crippen LogP contribution in [-0.2, 0) is 4.79 Å². The maximum Gasteiger partial charge on any atom is 0.471 e. The third-order valence-corrected chi connectivity index (χ3v) is 0.987. The van der Waals surface area contributed by atoms with Crippen LogP contribution in [0.15, 0.2) is 0 Å². The highest BCUT2D eigenvalue weighted by molar-refractivity contribution is 9.10. The summed E-state index contributed by atoms with van der Waals surface area (Å²) in [5, 5.41) is 1.00. The van der Waals surface area contributed by atoms with Crippen LogP contribution in [0.3, 0.4) is 0 Å². The van der Waals surface area contributed by atoms with Crippen molar-refractivity contribution in [2.45, 2.75) is 11.0 Å². The number of alkyl halides is 6. The lowest BCUT2D eigenvalue weighted by Crippen LogP contribution is -2.41. The fourth-order valence-corrected chi connectivity index (χ4v) is 0.421. The van der Waals surface area contributed by atoms with Gasteiger partial charge in [-0.05, 0) is 15.9 Å². The maximum absolute atomic E-state index is 11.8. The summed E-state index contributed by atoms with van der Waals surface area (Å²) < 4.78 is 57.7. The third kappa shape index (κ3) is 5.28. The van der Waals surface area contributed by atoms with Crippen LogP contribution in [0.4, 0.5) is 22.0 Å². The van der Waals surface area contributed by atoms with E-state index in [1.54, 1.807) is 15.9 Å². The smallest absolute Gasteiger partial charge is 0.341 e. The normalized spacial score (nSPS) is 12.8. The van der Waals surface area contributed by atoms with E-state index in [0.29, 0.717) is 0 Å². The van der Waals surface area contributed by atoms with E-state index in [-0.39, 0.29) is 0 Å². The van der Waals surface area contributed by atoms with Gasteiger partial charge in [0.05, 0.1) is 6.54 Å². The molecule has 0 rings (SSSR count). The molecule has 0 aromatic carbocycles. The molecule has 12 heavy (non-hydrogen) atoms. The molecular formula is C4H3BrF5NO. The first-order valence-corrected chi connectivity index (χ1v) is 3.34. The molecule has 2 nitrogen and oxygen atoms in total. The molecule has 72 valence electrons. The van der Waals surface area contributed by atoms with Gasteiger partial charge in [-0.25, -0.2) is 0 Å². The fraction of sp³-hybridized carbons (Fsp3) is 0.750. The Kier molecular flexibility index (Phi) is 3.43. The van der Waals surface area contributed by atoms with E-state index < -0.39 is 23.5 Å². The summed E-state index contributed by atoms with van der Waals surface area (Å²) in [4.78, 5) is 6.40. The molecule has 0 aliphatic carbocycles. The molecule has 0 bridgehead atoms. The van der Waals surface area contributed by atoms with Crippen LogP contribution in [0.2, 0.25) is 0 Å². The van der Waals surface area contributed by atoms with Gasteiger partial charge < -0.3 is 5.32 Å². The molecular weight excluding hydrogens is 253 g/mol. The Bertz CT molecular complexity index is 173. The molecule has 0 atom stereocenters. The number of rotatable bonds is 2. The molecule has 1 N–H and O–H groups in total. The molecule has 0 aliphatic rings. The molecule has 0 aliphatic heterocycles. The summed E-state index contributed by atoms with van der Waals surface area (Å²) in [6, 6.07) is 0. The Morgan fingerprint density at radius 3 is 1.92 bits per heavy atom.